The molecule has 19 heavy (non-hydrogen) atoms. The normalized spacial score (nSPS) is 10.8. The standard InChI is InChI=1S/C16H11ClO2/c1-10-2-4-11(5-3-10)16(18)15-8-12-6-7-13(17)9-14(12)19-15/h2-9H,1H3. The molecule has 0 N–H and O–H groups in total. The second-order valence-corrected chi connectivity index (χ2v) is 4.92. The molecule has 0 radical (unpaired) electrons. The molecular formula is C16H11ClO2. The van der Waals surface area contributed by atoms with Gasteiger partial charge in [0, 0.05) is 22.0 Å². The van der Waals surface area contributed by atoms with E-state index in [0.717, 1.165) is 10.9 Å². The molecule has 0 atom stereocenters. The minimum Gasteiger partial charge on any atom is -0.453 e. The van der Waals surface area contributed by atoms with Gasteiger partial charge in [-0.25, -0.2) is 0 Å². The van der Waals surface area contributed by atoms with Crippen molar-refractivity contribution in [2.45, 2.75) is 6.92 Å². The van der Waals surface area contributed by atoms with E-state index in [4.69, 9.17) is 16.0 Å². The second kappa shape index (κ2) is 4.56. The molecule has 0 amide bonds. The Morgan fingerprint density at radius 3 is 2.53 bits per heavy atom. The molecular weight excluding hydrogens is 260 g/mol. The first-order valence-electron chi connectivity index (χ1n) is 5.94. The van der Waals surface area contributed by atoms with Gasteiger partial charge in [0.1, 0.15) is 5.58 Å². The zero-order valence-corrected chi connectivity index (χ0v) is 11.1. The maximum Gasteiger partial charge on any atom is 0.228 e. The number of carbonyl (C=O) groups is 1. The van der Waals surface area contributed by atoms with Crippen LogP contribution in [-0.4, -0.2) is 5.78 Å². The maximum atomic E-state index is 12.3. The fourth-order valence-corrected chi connectivity index (χ4v) is 2.13. The Bertz CT molecular complexity index is 754. The van der Waals surface area contributed by atoms with Crippen LogP contribution in [0.4, 0.5) is 0 Å². The van der Waals surface area contributed by atoms with Crippen LogP contribution in [0.1, 0.15) is 21.7 Å². The largest absolute Gasteiger partial charge is 0.453 e. The molecule has 2 nitrogen and oxygen atoms in total. The summed E-state index contributed by atoms with van der Waals surface area (Å²) in [6, 6.07) is 14.5. The number of aryl methyl sites for hydroxylation is 1. The molecule has 0 spiro atoms. The Morgan fingerprint density at radius 1 is 1.05 bits per heavy atom. The fraction of sp³-hybridized carbons (Fsp3) is 0.0625. The molecule has 94 valence electrons. The molecule has 0 saturated carbocycles. The van der Waals surface area contributed by atoms with Gasteiger partial charge >= 0.3 is 0 Å². The van der Waals surface area contributed by atoms with Gasteiger partial charge < -0.3 is 4.42 Å². The third kappa shape index (κ3) is 2.27. The van der Waals surface area contributed by atoms with E-state index >= 15 is 0 Å². The van der Waals surface area contributed by atoms with Crippen LogP contribution in [-0.2, 0) is 0 Å². The summed E-state index contributed by atoms with van der Waals surface area (Å²) in [6.45, 7) is 1.98. The quantitative estimate of drug-likeness (QED) is 0.636. The van der Waals surface area contributed by atoms with Crippen molar-refractivity contribution in [3.05, 3.63) is 70.4 Å². The van der Waals surface area contributed by atoms with E-state index in [1.165, 1.54) is 0 Å². The highest BCUT2D eigenvalue weighted by molar-refractivity contribution is 6.31. The molecule has 2 aromatic carbocycles. The van der Waals surface area contributed by atoms with E-state index in [1.54, 1.807) is 30.3 Å². The van der Waals surface area contributed by atoms with Crippen molar-refractivity contribution < 1.29 is 9.21 Å². The molecule has 0 aliphatic carbocycles. The molecule has 1 aromatic heterocycles. The average molecular weight is 271 g/mol. The first kappa shape index (κ1) is 12.0. The molecule has 0 unspecified atom stereocenters. The highest BCUT2D eigenvalue weighted by atomic mass is 35.5. The van der Waals surface area contributed by atoms with Gasteiger partial charge in [0.15, 0.2) is 5.76 Å². The Labute approximate surface area is 115 Å². The van der Waals surface area contributed by atoms with Crippen LogP contribution in [0, 0.1) is 6.92 Å². The van der Waals surface area contributed by atoms with E-state index in [-0.39, 0.29) is 5.78 Å². The summed E-state index contributed by atoms with van der Waals surface area (Å²) in [5.41, 5.74) is 2.37. The topological polar surface area (TPSA) is 30.2 Å². The number of benzene rings is 2. The molecule has 1 heterocycles. The van der Waals surface area contributed by atoms with Gasteiger partial charge in [0.25, 0.3) is 0 Å². The summed E-state index contributed by atoms with van der Waals surface area (Å²) in [7, 11) is 0. The summed E-state index contributed by atoms with van der Waals surface area (Å²) in [6.07, 6.45) is 0. The number of carbonyl (C=O) groups excluding carboxylic acids is 1. The minimum atomic E-state index is -0.118. The third-order valence-electron chi connectivity index (χ3n) is 3.02. The zero-order chi connectivity index (χ0) is 13.4. The highest BCUT2D eigenvalue weighted by Gasteiger charge is 2.14. The number of rotatable bonds is 2. The first-order valence-corrected chi connectivity index (χ1v) is 6.32. The van der Waals surface area contributed by atoms with Gasteiger partial charge in [0.2, 0.25) is 5.78 Å². The van der Waals surface area contributed by atoms with Crippen LogP contribution in [0.3, 0.4) is 0 Å². The number of hydrogen-bond acceptors (Lipinski definition) is 2. The average Bonchev–Trinajstić information content (AvgIpc) is 2.81. The minimum absolute atomic E-state index is 0.118. The molecule has 0 fully saturated rings. The van der Waals surface area contributed by atoms with Gasteiger partial charge in [-0.3, -0.25) is 4.79 Å². The maximum absolute atomic E-state index is 12.3. The third-order valence-corrected chi connectivity index (χ3v) is 3.25. The van der Waals surface area contributed by atoms with Crippen molar-refractivity contribution in [1.82, 2.24) is 0 Å². The van der Waals surface area contributed by atoms with Crippen molar-refractivity contribution >= 4 is 28.4 Å². The Hall–Kier alpha value is -2.06. The molecule has 3 heteroatoms. The lowest BCUT2D eigenvalue weighted by Crippen LogP contribution is -1.98. The van der Waals surface area contributed by atoms with Gasteiger partial charge in [-0.05, 0) is 25.1 Å². The summed E-state index contributed by atoms with van der Waals surface area (Å²) in [5.74, 6) is 0.216. The summed E-state index contributed by atoms with van der Waals surface area (Å²) >= 11 is 5.90. The van der Waals surface area contributed by atoms with E-state index in [0.29, 0.717) is 21.9 Å². The van der Waals surface area contributed by atoms with E-state index in [1.807, 2.05) is 25.1 Å². The van der Waals surface area contributed by atoms with Gasteiger partial charge in [-0.2, -0.15) is 0 Å². The van der Waals surface area contributed by atoms with Crippen LogP contribution in [0.2, 0.25) is 5.02 Å². The van der Waals surface area contributed by atoms with E-state index in [9.17, 15) is 4.79 Å². The van der Waals surface area contributed by atoms with E-state index < -0.39 is 0 Å². The monoisotopic (exact) mass is 270 g/mol. The predicted molar refractivity (Wildman–Crippen MR) is 75.8 cm³/mol. The molecule has 0 aliphatic heterocycles. The number of hydrogen-bond donors (Lipinski definition) is 0. The Morgan fingerprint density at radius 2 is 1.79 bits per heavy atom. The van der Waals surface area contributed by atoms with Crippen LogP contribution >= 0.6 is 11.6 Å². The van der Waals surface area contributed by atoms with Crippen molar-refractivity contribution in [1.29, 1.82) is 0 Å². The molecule has 3 aromatic rings. The summed E-state index contributed by atoms with van der Waals surface area (Å²) < 4.78 is 5.56. The van der Waals surface area contributed by atoms with Gasteiger partial charge in [0.05, 0.1) is 0 Å². The predicted octanol–water partition coefficient (Wildman–Crippen LogP) is 4.63. The molecule has 0 saturated heterocycles. The number of halogens is 1. The van der Waals surface area contributed by atoms with E-state index in [2.05, 4.69) is 0 Å². The number of fused-ring (bicyclic) bond motifs is 1. The lowest BCUT2D eigenvalue weighted by molar-refractivity contribution is 0.101. The van der Waals surface area contributed by atoms with Crippen molar-refractivity contribution in [3.63, 3.8) is 0 Å². The molecule has 0 aliphatic rings. The Balaban J connectivity index is 2.04. The van der Waals surface area contributed by atoms with Gasteiger partial charge in [-0.15, -0.1) is 0 Å². The second-order valence-electron chi connectivity index (χ2n) is 4.49. The summed E-state index contributed by atoms with van der Waals surface area (Å²) in [4.78, 5) is 12.3. The van der Waals surface area contributed by atoms with Crippen LogP contribution in [0.5, 0.6) is 0 Å². The lowest BCUT2D eigenvalue weighted by atomic mass is 10.1. The number of ketones is 1. The molecule has 0 bridgehead atoms. The van der Waals surface area contributed by atoms with Crippen LogP contribution in [0.25, 0.3) is 11.0 Å². The first-order chi connectivity index (χ1) is 9.13. The molecule has 3 rings (SSSR count). The lowest BCUT2D eigenvalue weighted by Gasteiger charge is -1.97. The summed E-state index contributed by atoms with van der Waals surface area (Å²) in [5, 5.41) is 1.47. The zero-order valence-electron chi connectivity index (χ0n) is 10.3. The fourth-order valence-electron chi connectivity index (χ4n) is 1.96. The van der Waals surface area contributed by atoms with Crippen molar-refractivity contribution in [2.75, 3.05) is 0 Å². The Kier molecular flexibility index (Phi) is 2.88. The SMILES string of the molecule is Cc1ccc(C(=O)c2cc3ccc(Cl)cc3o2)cc1. The highest BCUT2D eigenvalue weighted by Crippen LogP contribution is 2.24. The smallest absolute Gasteiger partial charge is 0.228 e. The van der Waals surface area contributed by atoms with Crippen molar-refractivity contribution in [3.8, 4) is 0 Å². The van der Waals surface area contributed by atoms with Crippen molar-refractivity contribution in [2.24, 2.45) is 0 Å². The van der Waals surface area contributed by atoms with Crippen LogP contribution < -0.4 is 0 Å². The number of furan rings is 1. The van der Waals surface area contributed by atoms with Gasteiger partial charge in [-0.1, -0.05) is 41.4 Å². The van der Waals surface area contributed by atoms with Crippen LogP contribution in [0.15, 0.2) is 52.9 Å².